The van der Waals surface area contributed by atoms with Gasteiger partial charge in [-0.25, -0.2) is 12.8 Å². The summed E-state index contributed by atoms with van der Waals surface area (Å²) in [6, 6.07) is 9.74. The number of halogens is 1. The van der Waals surface area contributed by atoms with Crippen molar-refractivity contribution in [3.63, 3.8) is 0 Å². The molecule has 0 saturated heterocycles. The normalized spacial score (nSPS) is 14.5. The smallest absolute Gasteiger partial charge is 0.256 e. The lowest BCUT2D eigenvalue weighted by atomic mass is 10.0. The van der Waals surface area contributed by atoms with Crippen molar-refractivity contribution in [3.05, 3.63) is 81.9 Å². The van der Waals surface area contributed by atoms with Crippen molar-refractivity contribution in [1.82, 2.24) is 4.98 Å². The fraction of sp³-hybridized carbons (Fsp3) is 0.130. The van der Waals surface area contributed by atoms with Gasteiger partial charge in [-0.15, -0.1) is 0 Å². The summed E-state index contributed by atoms with van der Waals surface area (Å²) in [4.78, 5) is 27.0. The van der Waals surface area contributed by atoms with Gasteiger partial charge in [-0.1, -0.05) is 12.1 Å². The van der Waals surface area contributed by atoms with Crippen LogP contribution in [0.3, 0.4) is 0 Å². The average Bonchev–Trinajstić information content (AvgIpc) is 3.18. The second kappa shape index (κ2) is 7.63. The summed E-state index contributed by atoms with van der Waals surface area (Å²) >= 11 is 0. The van der Waals surface area contributed by atoms with Gasteiger partial charge in [0.15, 0.2) is 16.1 Å². The number of aromatic amines is 1. The first-order chi connectivity index (χ1) is 14.7. The molecule has 4 rings (SSSR count). The monoisotopic (exact) mass is 438 g/mol. The minimum Gasteiger partial charge on any atom is -0.358 e. The minimum absolute atomic E-state index is 0.0611. The number of anilines is 1. The number of fused-ring (bicyclic) bond motifs is 1. The second-order valence-electron chi connectivity index (χ2n) is 7.43. The Morgan fingerprint density at radius 2 is 1.77 bits per heavy atom. The molecule has 2 aromatic carbocycles. The molecular formula is C23H19FN2O4S. The molecule has 0 radical (unpaired) electrons. The Bertz CT molecular complexity index is 1350. The Morgan fingerprint density at radius 3 is 2.42 bits per heavy atom. The number of carbonyl (C=O) groups excluding carboxylic acids is 2. The first-order valence-corrected chi connectivity index (χ1v) is 11.1. The Labute approximate surface area is 178 Å². The number of rotatable bonds is 5. The van der Waals surface area contributed by atoms with E-state index >= 15 is 0 Å². The number of amides is 1. The van der Waals surface area contributed by atoms with E-state index in [1.54, 1.807) is 26.0 Å². The zero-order valence-corrected chi connectivity index (χ0v) is 17.6. The number of sulfone groups is 1. The largest absolute Gasteiger partial charge is 0.358 e. The zero-order chi connectivity index (χ0) is 22.3. The van der Waals surface area contributed by atoms with Crippen molar-refractivity contribution >= 4 is 39.4 Å². The molecule has 0 bridgehead atoms. The van der Waals surface area contributed by atoms with E-state index in [4.69, 9.17) is 0 Å². The van der Waals surface area contributed by atoms with Crippen LogP contribution in [0.5, 0.6) is 0 Å². The Kier molecular flexibility index (Phi) is 5.10. The molecular weight excluding hydrogens is 419 g/mol. The van der Waals surface area contributed by atoms with Crippen molar-refractivity contribution < 1.29 is 22.4 Å². The fourth-order valence-electron chi connectivity index (χ4n) is 3.64. The van der Waals surface area contributed by atoms with Crippen molar-refractivity contribution in [2.45, 2.75) is 24.5 Å². The molecule has 1 aliphatic rings. The highest BCUT2D eigenvalue weighted by Crippen LogP contribution is 2.36. The zero-order valence-electron chi connectivity index (χ0n) is 16.8. The predicted octanol–water partition coefficient (Wildman–Crippen LogP) is 4.05. The Hall–Kier alpha value is -3.52. The summed E-state index contributed by atoms with van der Waals surface area (Å²) in [5.41, 5.74) is 4.27. The topological polar surface area (TPSA) is 96.1 Å². The summed E-state index contributed by atoms with van der Waals surface area (Å²) in [7, 11) is -3.72. The van der Waals surface area contributed by atoms with E-state index < -0.39 is 15.7 Å². The van der Waals surface area contributed by atoms with Gasteiger partial charge in [-0.3, -0.25) is 9.59 Å². The molecule has 0 aliphatic carbocycles. The van der Waals surface area contributed by atoms with E-state index in [0.717, 1.165) is 6.29 Å². The van der Waals surface area contributed by atoms with Crippen LogP contribution in [0.4, 0.5) is 10.1 Å². The maximum absolute atomic E-state index is 13.1. The molecule has 8 heteroatoms. The molecule has 1 amide bonds. The number of hydrogen-bond donors (Lipinski definition) is 2. The molecule has 2 N–H and O–H groups in total. The van der Waals surface area contributed by atoms with Gasteiger partial charge in [0.25, 0.3) is 5.91 Å². The van der Waals surface area contributed by atoms with Crippen LogP contribution in [0.1, 0.15) is 38.4 Å². The van der Waals surface area contributed by atoms with Crippen LogP contribution >= 0.6 is 0 Å². The van der Waals surface area contributed by atoms with Gasteiger partial charge in [0, 0.05) is 28.2 Å². The summed E-state index contributed by atoms with van der Waals surface area (Å²) in [6.45, 7) is 3.54. The third kappa shape index (κ3) is 3.82. The van der Waals surface area contributed by atoms with Gasteiger partial charge in [0.2, 0.25) is 0 Å². The van der Waals surface area contributed by atoms with E-state index in [1.165, 1.54) is 36.4 Å². The van der Waals surface area contributed by atoms with Crippen LogP contribution in [-0.2, 0) is 20.4 Å². The first-order valence-electron chi connectivity index (χ1n) is 9.48. The SMILES string of the molecule is Cc1[nH]c(/C=C2\C(=O)Nc3ccc(S(=O)(=O)Cc4ccc(F)cc4)cc32)c(C)c1C=O. The summed E-state index contributed by atoms with van der Waals surface area (Å²) in [5, 5.41) is 2.73. The van der Waals surface area contributed by atoms with Crippen molar-refractivity contribution in [2.75, 3.05) is 5.32 Å². The molecule has 6 nitrogen and oxygen atoms in total. The lowest BCUT2D eigenvalue weighted by Crippen LogP contribution is -2.05. The Morgan fingerprint density at radius 1 is 1.06 bits per heavy atom. The summed E-state index contributed by atoms with van der Waals surface area (Å²) in [5.74, 6) is -1.09. The third-order valence-corrected chi connectivity index (χ3v) is 7.03. The number of benzene rings is 2. The lowest BCUT2D eigenvalue weighted by Gasteiger charge is -2.07. The van der Waals surface area contributed by atoms with Gasteiger partial charge >= 0.3 is 0 Å². The van der Waals surface area contributed by atoms with Crippen LogP contribution in [0, 0.1) is 19.7 Å². The molecule has 158 valence electrons. The number of H-pyrrole nitrogens is 1. The van der Waals surface area contributed by atoms with Crippen LogP contribution in [0.25, 0.3) is 11.6 Å². The second-order valence-corrected chi connectivity index (χ2v) is 9.41. The van der Waals surface area contributed by atoms with Crippen LogP contribution < -0.4 is 5.32 Å². The summed E-state index contributed by atoms with van der Waals surface area (Å²) in [6.07, 6.45) is 2.37. The number of aldehydes is 1. The molecule has 1 aliphatic heterocycles. The molecule has 0 unspecified atom stereocenters. The quantitative estimate of drug-likeness (QED) is 0.464. The highest BCUT2D eigenvalue weighted by Gasteiger charge is 2.27. The van der Waals surface area contributed by atoms with Gasteiger partial charge in [0.05, 0.1) is 16.2 Å². The number of nitrogens with one attached hydrogen (secondary N) is 2. The molecule has 3 aromatic rings. The highest BCUT2D eigenvalue weighted by atomic mass is 32.2. The lowest BCUT2D eigenvalue weighted by molar-refractivity contribution is -0.110. The van der Waals surface area contributed by atoms with Crippen molar-refractivity contribution in [1.29, 1.82) is 0 Å². The fourth-order valence-corrected chi connectivity index (χ4v) is 5.01. The maximum atomic E-state index is 13.1. The summed E-state index contributed by atoms with van der Waals surface area (Å²) < 4.78 is 38.9. The molecule has 0 spiro atoms. The highest BCUT2D eigenvalue weighted by molar-refractivity contribution is 7.90. The number of hydrogen-bond acceptors (Lipinski definition) is 4. The van der Waals surface area contributed by atoms with Crippen LogP contribution in [-0.4, -0.2) is 25.6 Å². The molecule has 0 saturated carbocycles. The third-order valence-electron chi connectivity index (χ3n) is 5.34. The molecule has 0 atom stereocenters. The molecule has 1 aromatic heterocycles. The number of aromatic nitrogens is 1. The maximum Gasteiger partial charge on any atom is 0.256 e. The Balaban J connectivity index is 1.74. The van der Waals surface area contributed by atoms with Crippen LogP contribution in [0.2, 0.25) is 0 Å². The van der Waals surface area contributed by atoms with Gasteiger partial charge in [0.1, 0.15) is 5.82 Å². The van der Waals surface area contributed by atoms with Gasteiger partial charge in [-0.2, -0.15) is 0 Å². The van der Waals surface area contributed by atoms with Crippen LogP contribution in [0.15, 0.2) is 47.4 Å². The predicted molar refractivity (Wildman–Crippen MR) is 116 cm³/mol. The van der Waals surface area contributed by atoms with Gasteiger partial charge in [-0.05, 0) is 61.4 Å². The minimum atomic E-state index is -3.72. The van der Waals surface area contributed by atoms with E-state index in [9.17, 15) is 22.4 Å². The molecule has 31 heavy (non-hydrogen) atoms. The molecule has 0 fully saturated rings. The average molecular weight is 438 g/mol. The molecule has 2 heterocycles. The van der Waals surface area contributed by atoms with Crippen molar-refractivity contribution in [2.24, 2.45) is 0 Å². The van der Waals surface area contributed by atoms with Crippen molar-refractivity contribution in [3.8, 4) is 0 Å². The van der Waals surface area contributed by atoms with E-state index in [2.05, 4.69) is 10.3 Å². The van der Waals surface area contributed by atoms with E-state index in [-0.39, 0.29) is 16.6 Å². The first kappa shape index (κ1) is 20.7. The standard InChI is InChI=1S/C23H19FN2O4S/c1-13-20(11-27)14(2)25-22(13)10-19-18-9-17(7-8-21(18)26-23(19)28)31(29,30)12-15-3-5-16(24)6-4-15/h3-11,25H,12H2,1-2H3,(H,26,28)/b19-10-. The van der Waals surface area contributed by atoms with E-state index in [0.29, 0.717) is 44.9 Å². The number of aryl methyl sites for hydroxylation is 1. The van der Waals surface area contributed by atoms with E-state index in [1.807, 2.05) is 0 Å². The number of carbonyl (C=O) groups is 2. The van der Waals surface area contributed by atoms with Gasteiger partial charge < -0.3 is 10.3 Å².